The Bertz CT molecular complexity index is 962. The van der Waals surface area contributed by atoms with E-state index in [0.29, 0.717) is 21.3 Å². The summed E-state index contributed by atoms with van der Waals surface area (Å²) in [4.78, 5) is 19.3. The van der Waals surface area contributed by atoms with Gasteiger partial charge in [-0.15, -0.1) is 0 Å². The maximum absolute atomic E-state index is 13.1. The first kappa shape index (κ1) is 18.2. The molecule has 1 heterocycles. The lowest BCUT2D eigenvalue weighted by Crippen LogP contribution is -2.13. The third-order valence-electron chi connectivity index (χ3n) is 3.72. The van der Waals surface area contributed by atoms with Crippen LogP contribution in [0.2, 0.25) is 10.0 Å². The predicted octanol–water partition coefficient (Wildman–Crippen LogP) is 5.10. The molecule has 4 nitrogen and oxygen atoms in total. The van der Waals surface area contributed by atoms with Gasteiger partial charge in [-0.2, -0.15) is 0 Å². The van der Waals surface area contributed by atoms with Crippen LogP contribution in [0.5, 0.6) is 0 Å². The van der Waals surface area contributed by atoms with Crippen molar-refractivity contribution in [3.05, 3.63) is 82.9 Å². The van der Waals surface area contributed by atoms with Gasteiger partial charge in [-0.25, -0.2) is 4.98 Å². The number of Topliss-reactive ketones (excluding diaryl/α,β-unsaturated/α-hetero) is 1. The molecule has 0 unspecified atom stereocenters. The van der Waals surface area contributed by atoms with Gasteiger partial charge in [0.2, 0.25) is 5.78 Å². The Morgan fingerprint density at radius 3 is 2.50 bits per heavy atom. The summed E-state index contributed by atoms with van der Waals surface area (Å²) in [6.45, 7) is 0. The Kier molecular flexibility index (Phi) is 5.45. The van der Waals surface area contributed by atoms with E-state index in [-0.39, 0.29) is 5.78 Å². The van der Waals surface area contributed by atoms with E-state index in [0.717, 1.165) is 11.3 Å². The molecule has 132 valence electrons. The van der Waals surface area contributed by atoms with Crippen molar-refractivity contribution in [3.8, 4) is 11.3 Å². The lowest BCUT2D eigenvalue weighted by atomic mass is 10.1. The van der Waals surface area contributed by atoms with Crippen LogP contribution in [0.3, 0.4) is 0 Å². The zero-order valence-corrected chi connectivity index (χ0v) is 15.9. The van der Waals surface area contributed by atoms with Gasteiger partial charge < -0.3 is 9.47 Å². The van der Waals surface area contributed by atoms with E-state index in [4.69, 9.17) is 23.2 Å². The Morgan fingerprint density at radius 1 is 1.12 bits per heavy atom. The van der Waals surface area contributed by atoms with Crippen LogP contribution >= 0.6 is 23.2 Å². The molecule has 0 aliphatic rings. The van der Waals surface area contributed by atoms with E-state index in [1.165, 1.54) is 0 Å². The highest BCUT2D eigenvalue weighted by Crippen LogP contribution is 2.26. The Morgan fingerprint density at radius 2 is 1.85 bits per heavy atom. The fraction of sp³-hybridized carbons (Fsp3) is 0.100. The quantitative estimate of drug-likeness (QED) is 0.452. The molecule has 0 saturated carbocycles. The number of hydrogen-bond acceptors (Lipinski definition) is 3. The molecule has 1 aromatic heterocycles. The molecule has 0 aliphatic heterocycles. The summed E-state index contributed by atoms with van der Waals surface area (Å²) in [5.74, 6) is -0.211. The van der Waals surface area contributed by atoms with Crippen molar-refractivity contribution in [1.82, 2.24) is 14.5 Å². The summed E-state index contributed by atoms with van der Waals surface area (Å²) in [7, 11) is 3.71. The third-order valence-corrected chi connectivity index (χ3v) is 4.27. The van der Waals surface area contributed by atoms with Crippen molar-refractivity contribution < 1.29 is 4.79 Å². The highest BCUT2D eigenvalue weighted by Gasteiger charge is 2.19. The highest BCUT2D eigenvalue weighted by molar-refractivity contribution is 6.39. The second-order valence-corrected chi connectivity index (χ2v) is 6.81. The molecule has 0 saturated heterocycles. The first-order valence-corrected chi connectivity index (χ1v) is 8.69. The van der Waals surface area contributed by atoms with Gasteiger partial charge in [-0.05, 0) is 18.2 Å². The normalized spacial score (nSPS) is 11.5. The third kappa shape index (κ3) is 3.98. The monoisotopic (exact) mass is 385 g/mol. The molecule has 0 aliphatic carbocycles. The average Bonchev–Trinajstić information content (AvgIpc) is 3.09. The molecule has 26 heavy (non-hydrogen) atoms. The zero-order valence-electron chi connectivity index (χ0n) is 14.4. The van der Waals surface area contributed by atoms with Crippen LogP contribution in [0, 0.1) is 0 Å². The van der Waals surface area contributed by atoms with Crippen molar-refractivity contribution in [2.75, 3.05) is 14.1 Å². The second-order valence-electron chi connectivity index (χ2n) is 5.96. The van der Waals surface area contributed by atoms with Crippen molar-refractivity contribution in [3.63, 3.8) is 0 Å². The molecule has 6 heteroatoms. The number of carbonyl (C=O) groups is 1. The number of benzene rings is 2. The summed E-state index contributed by atoms with van der Waals surface area (Å²) in [6.07, 6.45) is 5.19. The highest BCUT2D eigenvalue weighted by atomic mass is 35.5. The van der Waals surface area contributed by atoms with Gasteiger partial charge in [0.15, 0.2) is 0 Å². The number of rotatable bonds is 5. The number of ketones is 1. The van der Waals surface area contributed by atoms with Gasteiger partial charge in [0, 0.05) is 42.6 Å². The first-order chi connectivity index (χ1) is 12.5. The van der Waals surface area contributed by atoms with Gasteiger partial charge in [-0.3, -0.25) is 4.79 Å². The van der Waals surface area contributed by atoms with Crippen molar-refractivity contribution in [2.45, 2.75) is 0 Å². The van der Waals surface area contributed by atoms with E-state index in [1.54, 1.807) is 40.2 Å². The smallest absolute Gasteiger partial charge is 0.212 e. The van der Waals surface area contributed by atoms with Crippen molar-refractivity contribution in [1.29, 1.82) is 0 Å². The maximum Gasteiger partial charge on any atom is 0.212 e. The number of aromatic nitrogens is 2. The van der Waals surface area contributed by atoms with Gasteiger partial charge >= 0.3 is 0 Å². The van der Waals surface area contributed by atoms with E-state index in [2.05, 4.69) is 4.98 Å². The lowest BCUT2D eigenvalue weighted by molar-refractivity contribution is 0.105. The molecule has 3 rings (SSSR count). The number of hydrogen-bond donors (Lipinski definition) is 0. The molecular weight excluding hydrogens is 369 g/mol. The molecule has 0 bridgehead atoms. The Hall–Kier alpha value is -2.56. The van der Waals surface area contributed by atoms with E-state index in [9.17, 15) is 4.79 Å². The summed E-state index contributed by atoms with van der Waals surface area (Å²) in [6, 6.07) is 14.6. The summed E-state index contributed by atoms with van der Waals surface area (Å²) >= 11 is 12.2. The molecule has 0 atom stereocenters. The molecule has 0 spiro atoms. The topological polar surface area (TPSA) is 38.1 Å². The molecule has 0 radical (unpaired) electrons. The van der Waals surface area contributed by atoms with Gasteiger partial charge in [0.25, 0.3) is 0 Å². The van der Waals surface area contributed by atoms with Crippen LogP contribution in [-0.2, 0) is 0 Å². The SMILES string of the molecule is CN(C)/C=C(/C(=O)c1ccc(Cl)cc1Cl)n1cnc(-c2ccccc2)c1. The minimum absolute atomic E-state index is 0.211. The van der Waals surface area contributed by atoms with Gasteiger partial charge in [0.1, 0.15) is 12.0 Å². The fourth-order valence-corrected chi connectivity index (χ4v) is 3.01. The first-order valence-electron chi connectivity index (χ1n) is 7.93. The van der Waals surface area contributed by atoms with Crippen LogP contribution in [0.15, 0.2) is 67.3 Å². The van der Waals surface area contributed by atoms with Crippen molar-refractivity contribution >= 4 is 34.7 Å². The van der Waals surface area contributed by atoms with Gasteiger partial charge in [-0.1, -0.05) is 53.5 Å². The number of imidazole rings is 1. The Balaban J connectivity index is 2.02. The molecule has 3 aromatic rings. The van der Waals surface area contributed by atoms with E-state index < -0.39 is 0 Å². The van der Waals surface area contributed by atoms with Crippen LogP contribution in [0.4, 0.5) is 0 Å². The molecule has 2 aromatic carbocycles. The Labute approximate surface area is 162 Å². The average molecular weight is 386 g/mol. The number of nitrogens with zero attached hydrogens (tertiary/aromatic N) is 3. The number of halogens is 2. The maximum atomic E-state index is 13.1. The summed E-state index contributed by atoms with van der Waals surface area (Å²) in [5, 5.41) is 0.800. The largest absolute Gasteiger partial charge is 0.382 e. The summed E-state index contributed by atoms with van der Waals surface area (Å²) < 4.78 is 1.70. The standard InChI is InChI=1S/C20H17Cl2N3O/c1-24(2)12-19(20(26)16-9-8-15(21)10-17(16)22)25-11-18(23-13-25)14-6-4-3-5-7-14/h3-13H,1-2H3/b19-12-. The van der Waals surface area contributed by atoms with Gasteiger partial charge in [0.05, 0.1) is 10.7 Å². The number of allylic oxidation sites excluding steroid dienone is 1. The minimum Gasteiger partial charge on any atom is -0.382 e. The van der Waals surface area contributed by atoms with Crippen LogP contribution in [0.1, 0.15) is 10.4 Å². The van der Waals surface area contributed by atoms with Crippen molar-refractivity contribution in [2.24, 2.45) is 0 Å². The van der Waals surface area contributed by atoms with E-state index >= 15 is 0 Å². The van der Waals surface area contributed by atoms with E-state index in [1.807, 2.05) is 50.6 Å². The minimum atomic E-state index is -0.211. The second kappa shape index (κ2) is 7.77. The number of carbonyl (C=O) groups excluding carboxylic acids is 1. The van der Waals surface area contributed by atoms with Crippen LogP contribution in [-0.4, -0.2) is 34.3 Å². The van der Waals surface area contributed by atoms with Crippen LogP contribution < -0.4 is 0 Å². The summed E-state index contributed by atoms with van der Waals surface area (Å²) in [5.41, 5.74) is 2.59. The fourth-order valence-electron chi connectivity index (χ4n) is 2.51. The molecule has 0 N–H and O–H groups in total. The molecular formula is C20H17Cl2N3O. The molecule has 0 amide bonds. The van der Waals surface area contributed by atoms with Crippen LogP contribution in [0.25, 0.3) is 17.0 Å². The zero-order chi connectivity index (χ0) is 18.7. The lowest BCUT2D eigenvalue weighted by Gasteiger charge is -2.13. The molecule has 0 fully saturated rings. The predicted molar refractivity (Wildman–Crippen MR) is 106 cm³/mol.